The molecule has 122 valence electrons. The zero-order valence-corrected chi connectivity index (χ0v) is 14.4. The van der Waals surface area contributed by atoms with Crippen molar-refractivity contribution >= 4 is 11.9 Å². The predicted octanol–water partition coefficient (Wildman–Crippen LogP) is 3.43. The van der Waals surface area contributed by atoms with E-state index in [1.807, 2.05) is 58.0 Å². The van der Waals surface area contributed by atoms with E-state index in [0.29, 0.717) is 6.54 Å². The fourth-order valence-corrected chi connectivity index (χ4v) is 2.33. The number of methoxy groups -OCH3 is 1. The number of ether oxygens (including phenoxy) is 1. The van der Waals surface area contributed by atoms with E-state index in [-0.39, 0.29) is 23.8 Å². The van der Waals surface area contributed by atoms with Gasteiger partial charge in [-0.2, -0.15) is 0 Å². The highest BCUT2D eigenvalue weighted by Gasteiger charge is 2.33. The van der Waals surface area contributed by atoms with Crippen molar-refractivity contribution in [3.05, 3.63) is 35.9 Å². The van der Waals surface area contributed by atoms with Crippen molar-refractivity contribution < 1.29 is 14.3 Å². The number of esters is 1. The molecule has 0 saturated heterocycles. The van der Waals surface area contributed by atoms with Gasteiger partial charge < -0.3 is 9.64 Å². The number of nitrogens with zero attached hydrogens (tertiary/aromatic N) is 1. The summed E-state index contributed by atoms with van der Waals surface area (Å²) in [5.41, 5.74) is 0.552. The first-order valence-corrected chi connectivity index (χ1v) is 7.62. The zero-order chi connectivity index (χ0) is 16.9. The Kier molecular flexibility index (Phi) is 6.15. The lowest BCUT2D eigenvalue weighted by Gasteiger charge is -2.36. The Morgan fingerprint density at radius 1 is 1.14 bits per heavy atom. The van der Waals surface area contributed by atoms with Gasteiger partial charge in [-0.25, -0.2) is 0 Å². The standard InChI is InChI=1S/C18H27NO3/c1-13(16(20)22-6)12-19(17(21)18(3,4)5)14(2)15-10-8-7-9-11-15/h7-11,13-14H,12H2,1-6H3. The van der Waals surface area contributed by atoms with E-state index < -0.39 is 5.41 Å². The Balaban J connectivity index is 3.06. The van der Waals surface area contributed by atoms with Crippen LogP contribution < -0.4 is 0 Å². The third-order valence-corrected chi connectivity index (χ3v) is 3.73. The Morgan fingerprint density at radius 2 is 1.68 bits per heavy atom. The lowest BCUT2D eigenvalue weighted by atomic mass is 9.92. The molecule has 1 aromatic carbocycles. The molecule has 2 atom stereocenters. The molecule has 0 bridgehead atoms. The van der Waals surface area contributed by atoms with E-state index in [4.69, 9.17) is 4.74 Å². The van der Waals surface area contributed by atoms with Crippen molar-refractivity contribution in [3.8, 4) is 0 Å². The first-order chi connectivity index (χ1) is 10.2. The Bertz CT molecular complexity index is 505. The molecule has 0 aliphatic carbocycles. The van der Waals surface area contributed by atoms with Crippen LogP contribution in [0.3, 0.4) is 0 Å². The quantitative estimate of drug-likeness (QED) is 0.783. The SMILES string of the molecule is COC(=O)C(C)CN(C(=O)C(C)(C)C)C(C)c1ccccc1. The van der Waals surface area contributed by atoms with E-state index in [2.05, 4.69) is 0 Å². The highest BCUT2D eigenvalue weighted by Crippen LogP contribution is 2.27. The fourth-order valence-electron chi connectivity index (χ4n) is 2.33. The second-order valence-corrected chi connectivity index (χ2v) is 6.72. The molecule has 0 radical (unpaired) electrons. The summed E-state index contributed by atoms with van der Waals surface area (Å²) in [5, 5.41) is 0. The van der Waals surface area contributed by atoms with Gasteiger partial charge in [-0.05, 0) is 12.5 Å². The highest BCUT2D eigenvalue weighted by atomic mass is 16.5. The number of rotatable bonds is 5. The predicted molar refractivity (Wildman–Crippen MR) is 87.2 cm³/mol. The summed E-state index contributed by atoms with van der Waals surface area (Å²) in [6.45, 7) is 9.79. The summed E-state index contributed by atoms with van der Waals surface area (Å²) in [5.74, 6) is -0.631. The van der Waals surface area contributed by atoms with Gasteiger partial charge in [0, 0.05) is 12.0 Å². The van der Waals surface area contributed by atoms with E-state index in [9.17, 15) is 9.59 Å². The minimum Gasteiger partial charge on any atom is -0.469 e. The van der Waals surface area contributed by atoms with Gasteiger partial charge in [0.25, 0.3) is 0 Å². The van der Waals surface area contributed by atoms with Gasteiger partial charge in [0.2, 0.25) is 5.91 Å². The van der Waals surface area contributed by atoms with Crippen LogP contribution in [0.1, 0.15) is 46.2 Å². The normalized spacial score (nSPS) is 14.1. The number of carbonyl (C=O) groups excluding carboxylic acids is 2. The average molecular weight is 305 g/mol. The van der Waals surface area contributed by atoms with Crippen LogP contribution in [0.4, 0.5) is 0 Å². The largest absolute Gasteiger partial charge is 0.469 e. The van der Waals surface area contributed by atoms with Crippen molar-refractivity contribution in [2.45, 2.75) is 40.7 Å². The lowest BCUT2D eigenvalue weighted by molar-refractivity contribution is -0.149. The monoisotopic (exact) mass is 305 g/mol. The van der Waals surface area contributed by atoms with Gasteiger partial charge >= 0.3 is 5.97 Å². The van der Waals surface area contributed by atoms with Gasteiger partial charge in [-0.1, -0.05) is 58.0 Å². The minimum absolute atomic E-state index is 0.0274. The third kappa shape index (κ3) is 4.58. The Hall–Kier alpha value is -1.84. The molecular formula is C18H27NO3. The maximum absolute atomic E-state index is 12.8. The summed E-state index contributed by atoms with van der Waals surface area (Å²) in [7, 11) is 1.37. The van der Waals surface area contributed by atoms with E-state index >= 15 is 0 Å². The topological polar surface area (TPSA) is 46.6 Å². The van der Waals surface area contributed by atoms with Gasteiger partial charge in [-0.15, -0.1) is 0 Å². The lowest BCUT2D eigenvalue weighted by Crippen LogP contribution is -2.44. The number of carbonyl (C=O) groups is 2. The van der Waals surface area contributed by atoms with E-state index in [1.54, 1.807) is 11.8 Å². The molecule has 2 unspecified atom stereocenters. The summed E-state index contributed by atoms with van der Waals surface area (Å²) in [6.07, 6.45) is 0. The summed E-state index contributed by atoms with van der Waals surface area (Å²) < 4.78 is 4.79. The molecular weight excluding hydrogens is 278 g/mol. The smallest absolute Gasteiger partial charge is 0.310 e. The first-order valence-electron chi connectivity index (χ1n) is 7.62. The van der Waals surface area contributed by atoms with Crippen LogP contribution >= 0.6 is 0 Å². The molecule has 0 heterocycles. The summed E-state index contributed by atoms with van der Waals surface area (Å²) >= 11 is 0. The second kappa shape index (κ2) is 7.43. The highest BCUT2D eigenvalue weighted by molar-refractivity contribution is 5.82. The summed E-state index contributed by atoms with van der Waals surface area (Å²) in [6, 6.07) is 9.75. The van der Waals surface area contributed by atoms with E-state index in [0.717, 1.165) is 5.56 Å². The molecule has 1 amide bonds. The van der Waals surface area contributed by atoms with Crippen LogP contribution in [0, 0.1) is 11.3 Å². The molecule has 22 heavy (non-hydrogen) atoms. The third-order valence-electron chi connectivity index (χ3n) is 3.73. The molecule has 0 spiro atoms. The van der Waals surface area contributed by atoms with Crippen molar-refractivity contribution in [1.82, 2.24) is 4.90 Å². The van der Waals surface area contributed by atoms with Crippen molar-refractivity contribution in [2.24, 2.45) is 11.3 Å². The van der Waals surface area contributed by atoms with Gasteiger partial charge in [0.05, 0.1) is 19.1 Å². The average Bonchev–Trinajstić information content (AvgIpc) is 2.50. The fraction of sp³-hybridized carbons (Fsp3) is 0.556. The second-order valence-electron chi connectivity index (χ2n) is 6.72. The van der Waals surface area contributed by atoms with E-state index in [1.165, 1.54) is 7.11 Å². The maximum atomic E-state index is 12.8. The van der Waals surface area contributed by atoms with Crippen LogP contribution in [0.25, 0.3) is 0 Å². The molecule has 1 rings (SSSR count). The number of benzene rings is 1. The molecule has 4 heteroatoms. The zero-order valence-electron chi connectivity index (χ0n) is 14.4. The minimum atomic E-state index is -0.501. The van der Waals surface area contributed by atoms with Crippen LogP contribution in [-0.4, -0.2) is 30.4 Å². The Labute approximate surface area is 133 Å². The molecule has 0 aromatic heterocycles. The van der Waals surface area contributed by atoms with Crippen molar-refractivity contribution in [3.63, 3.8) is 0 Å². The van der Waals surface area contributed by atoms with Gasteiger partial charge in [-0.3, -0.25) is 9.59 Å². The van der Waals surface area contributed by atoms with Gasteiger partial charge in [0.15, 0.2) is 0 Å². The van der Waals surface area contributed by atoms with Crippen LogP contribution in [0.2, 0.25) is 0 Å². The molecule has 4 nitrogen and oxygen atoms in total. The molecule has 0 saturated carbocycles. The molecule has 0 fully saturated rings. The number of hydrogen-bond acceptors (Lipinski definition) is 3. The Morgan fingerprint density at radius 3 is 2.14 bits per heavy atom. The van der Waals surface area contributed by atoms with Crippen molar-refractivity contribution in [1.29, 1.82) is 0 Å². The molecule has 0 aliphatic heterocycles. The van der Waals surface area contributed by atoms with Crippen LogP contribution in [0.5, 0.6) is 0 Å². The van der Waals surface area contributed by atoms with Gasteiger partial charge in [0.1, 0.15) is 0 Å². The molecule has 0 N–H and O–H groups in total. The number of hydrogen-bond donors (Lipinski definition) is 0. The van der Waals surface area contributed by atoms with Crippen LogP contribution in [0.15, 0.2) is 30.3 Å². The summed E-state index contributed by atoms with van der Waals surface area (Å²) in [4.78, 5) is 26.3. The number of amides is 1. The first kappa shape index (κ1) is 18.2. The van der Waals surface area contributed by atoms with Crippen LogP contribution in [-0.2, 0) is 14.3 Å². The van der Waals surface area contributed by atoms with Crippen molar-refractivity contribution in [2.75, 3.05) is 13.7 Å². The molecule has 1 aromatic rings. The maximum Gasteiger partial charge on any atom is 0.310 e. The molecule has 0 aliphatic rings.